The lowest BCUT2D eigenvalue weighted by Gasteiger charge is -2.10. The van der Waals surface area contributed by atoms with Crippen molar-refractivity contribution in [3.8, 4) is 11.8 Å². The fraction of sp³-hybridized carbons (Fsp3) is 0.0714. The summed E-state index contributed by atoms with van der Waals surface area (Å²) in [5.41, 5.74) is 1.38. The SMILES string of the molecule is N#Cc1ccc(Cl)cc1NCc1cc(F)ccc1O. The van der Waals surface area contributed by atoms with Crippen LogP contribution in [0, 0.1) is 17.1 Å². The number of benzene rings is 2. The Bertz CT molecular complexity index is 652. The molecular formula is C14H10ClFN2O. The molecule has 0 amide bonds. The number of nitriles is 1. The third-order valence-electron chi connectivity index (χ3n) is 2.61. The summed E-state index contributed by atoms with van der Waals surface area (Å²) >= 11 is 5.85. The highest BCUT2D eigenvalue weighted by Gasteiger charge is 2.06. The molecule has 2 aromatic rings. The van der Waals surface area contributed by atoms with E-state index in [1.165, 1.54) is 18.2 Å². The van der Waals surface area contributed by atoms with Crippen molar-refractivity contribution in [1.82, 2.24) is 0 Å². The Labute approximate surface area is 114 Å². The van der Waals surface area contributed by atoms with E-state index in [9.17, 15) is 9.50 Å². The second kappa shape index (κ2) is 5.59. The smallest absolute Gasteiger partial charge is 0.123 e. The van der Waals surface area contributed by atoms with Gasteiger partial charge in [0.15, 0.2) is 0 Å². The van der Waals surface area contributed by atoms with Gasteiger partial charge >= 0.3 is 0 Å². The molecule has 0 aliphatic carbocycles. The third kappa shape index (κ3) is 3.15. The highest BCUT2D eigenvalue weighted by atomic mass is 35.5. The Hall–Kier alpha value is -2.25. The van der Waals surface area contributed by atoms with Gasteiger partial charge in [0.25, 0.3) is 0 Å². The average molecular weight is 277 g/mol. The first-order chi connectivity index (χ1) is 9.10. The van der Waals surface area contributed by atoms with E-state index >= 15 is 0 Å². The summed E-state index contributed by atoms with van der Waals surface area (Å²) in [4.78, 5) is 0. The molecule has 0 aliphatic heterocycles. The van der Waals surface area contributed by atoms with Crippen molar-refractivity contribution in [2.24, 2.45) is 0 Å². The van der Waals surface area contributed by atoms with Crippen molar-refractivity contribution >= 4 is 17.3 Å². The van der Waals surface area contributed by atoms with Gasteiger partial charge < -0.3 is 10.4 Å². The summed E-state index contributed by atoms with van der Waals surface area (Å²) in [6.45, 7) is 0.193. The molecule has 0 fully saturated rings. The van der Waals surface area contributed by atoms with Gasteiger partial charge in [0, 0.05) is 17.1 Å². The minimum atomic E-state index is -0.429. The number of hydrogen-bond acceptors (Lipinski definition) is 3. The second-order valence-electron chi connectivity index (χ2n) is 3.93. The van der Waals surface area contributed by atoms with E-state index in [1.54, 1.807) is 18.2 Å². The molecule has 0 atom stereocenters. The quantitative estimate of drug-likeness (QED) is 0.899. The zero-order chi connectivity index (χ0) is 13.8. The number of aromatic hydroxyl groups is 1. The lowest BCUT2D eigenvalue weighted by atomic mass is 10.1. The monoisotopic (exact) mass is 276 g/mol. The normalized spacial score (nSPS) is 9.95. The van der Waals surface area contributed by atoms with E-state index < -0.39 is 5.82 Å². The summed E-state index contributed by atoms with van der Waals surface area (Å²) in [5, 5.41) is 22.0. The first-order valence-corrected chi connectivity index (χ1v) is 5.89. The molecule has 96 valence electrons. The molecule has 3 nitrogen and oxygen atoms in total. The molecule has 0 unspecified atom stereocenters. The minimum Gasteiger partial charge on any atom is -0.508 e. The van der Waals surface area contributed by atoms with Crippen LogP contribution in [0.25, 0.3) is 0 Å². The number of hydrogen-bond donors (Lipinski definition) is 2. The van der Waals surface area contributed by atoms with Crippen molar-refractivity contribution in [2.45, 2.75) is 6.54 Å². The van der Waals surface area contributed by atoms with Crippen molar-refractivity contribution in [2.75, 3.05) is 5.32 Å². The molecule has 2 N–H and O–H groups in total. The zero-order valence-electron chi connectivity index (χ0n) is 9.82. The highest BCUT2D eigenvalue weighted by molar-refractivity contribution is 6.30. The molecule has 0 aromatic heterocycles. The predicted molar refractivity (Wildman–Crippen MR) is 71.6 cm³/mol. The lowest BCUT2D eigenvalue weighted by molar-refractivity contribution is 0.466. The maximum Gasteiger partial charge on any atom is 0.123 e. The van der Waals surface area contributed by atoms with E-state index in [4.69, 9.17) is 16.9 Å². The van der Waals surface area contributed by atoms with Crippen molar-refractivity contribution < 1.29 is 9.50 Å². The van der Waals surface area contributed by atoms with Crippen LogP contribution in [0.15, 0.2) is 36.4 Å². The van der Waals surface area contributed by atoms with Crippen molar-refractivity contribution in [3.63, 3.8) is 0 Å². The van der Waals surface area contributed by atoms with Gasteiger partial charge in [-0.1, -0.05) is 11.6 Å². The minimum absolute atomic E-state index is 0.00515. The van der Waals surface area contributed by atoms with Gasteiger partial charge in [-0.25, -0.2) is 4.39 Å². The highest BCUT2D eigenvalue weighted by Crippen LogP contribution is 2.23. The van der Waals surface area contributed by atoms with E-state index in [1.807, 2.05) is 6.07 Å². The fourth-order valence-electron chi connectivity index (χ4n) is 1.65. The summed E-state index contributed by atoms with van der Waals surface area (Å²) in [5.74, 6) is -0.435. The summed E-state index contributed by atoms with van der Waals surface area (Å²) in [6.07, 6.45) is 0. The average Bonchev–Trinajstić information content (AvgIpc) is 2.40. The second-order valence-corrected chi connectivity index (χ2v) is 4.36. The number of nitrogens with one attached hydrogen (secondary N) is 1. The van der Waals surface area contributed by atoms with Gasteiger partial charge in [-0.15, -0.1) is 0 Å². The Balaban J connectivity index is 2.21. The van der Waals surface area contributed by atoms with Crippen LogP contribution >= 0.6 is 11.6 Å². The van der Waals surface area contributed by atoms with Crippen LogP contribution in [0.1, 0.15) is 11.1 Å². The number of phenols is 1. The molecule has 2 aromatic carbocycles. The van der Waals surface area contributed by atoms with Crippen LogP contribution in [0.2, 0.25) is 5.02 Å². The zero-order valence-corrected chi connectivity index (χ0v) is 10.6. The Kier molecular flexibility index (Phi) is 3.88. The van der Waals surface area contributed by atoms with Crippen LogP contribution < -0.4 is 5.32 Å². The first kappa shape index (κ1) is 13.2. The van der Waals surface area contributed by atoms with E-state index in [0.29, 0.717) is 21.8 Å². The molecule has 0 heterocycles. The van der Waals surface area contributed by atoms with Gasteiger partial charge in [0.2, 0.25) is 0 Å². The van der Waals surface area contributed by atoms with Gasteiger partial charge in [-0.2, -0.15) is 5.26 Å². The van der Waals surface area contributed by atoms with Crippen LogP contribution in [0.3, 0.4) is 0 Å². The Morgan fingerprint density at radius 2 is 2.05 bits per heavy atom. The summed E-state index contributed by atoms with van der Waals surface area (Å²) < 4.78 is 13.1. The molecule has 0 aliphatic rings. The molecule has 0 saturated carbocycles. The van der Waals surface area contributed by atoms with Crippen LogP contribution in [-0.2, 0) is 6.54 Å². The first-order valence-electron chi connectivity index (χ1n) is 5.51. The maximum atomic E-state index is 13.1. The topological polar surface area (TPSA) is 56.0 Å². The maximum absolute atomic E-state index is 13.1. The van der Waals surface area contributed by atoms with Crippen molar-refractivity contribution in [1.29, 1.82) is 5.26 Å². The van der Waals surface area contributed by atoms with E-state index in [2.05, 4.69) is 5.32 Å². The standard InChI is InChI=1S/C14H10ClFN2O/c15-11-2-1-9(7-17)13(6-11)18-8-10-5-12(16)3-4-14(10)19/h1-6,18-19H,8H2. The molecule has 0 radical (unpaired) electrons. The fourth-order valence-corrected chi connectivity index (χ4v) is 1.82. The largest absolute Gasteiger partial charge is 0.508 e. The third-order valence-corrected chi connectivity index (χ3v) is 2.85. The predicted octanol–water partition coefficient (Wildman–Crippen LogP) is 3.67. The van der Waals surface area contributed by atoms with Gasteiger partial charge in [-0.3, -0.25) is 0 Å². The molecule has 19 heavy (non-hydrogen) atoms. The molecular weight excluding hydrogens is 267 g/mol. The number of rotatable bonds is 3. The number of halogens is 2. The van der Waals surface area contributed by atoms with E-state index in [-0.39, 0.29) is 12.3 Å². The van der Waals surface area contributed by atoms with Crippen LogP contribution in [-0.4, -0.2) is 5.11 Å². The molecule has 0 saturated heterocycles. The van der Waals surface area contributed by atoms with Gasteiger partial charge in [0.1, 0.15) is 17.6 Å². The molecule has 0 bridgehead atoms. The van der Waals surface area contributed by atoms with Gasteiger partial charge in [0.05, 0.1) is 11.3 Å². The Morgan fingerprint density at radius 3 is 2.79 bits per heavy atom. The van der Waals surface area contributed by atoms with Crippen molar-refractivity contribution in [3.05, 3.63) is 58.4 Å². The number of nitrogens with zero attached hydrogens (tertiary/aromatic N) is 1. The van der Waals surface area contributed by atoms with Crippen LogP contribution in [0.4, 0.5) is 10.1 Å². The van der Waals surface area contributed by atoms with E-state index in [0.717, 1.165) is 0 Å². The summed E-state index contributed by atoms with van der Waals surface area (Å²) in [7, 11) is 0. The Morgan fingerprint density at radius 1 is 1.26 bits per heavy atom. The number of phenolic OH excluding ortho intramolecular Hbond substituents is 1. The molecule has 5 heteroatoms. The number of anilines is 1. The van der Waals surface area contributed by atoms with Crippen LogP contribution in [0.5, 0.6) is 5.75 Å². The summed E-state index contributed by atoms with van der Waals surface area (Å²) in [6, 6.07) is 10.5. The van der Waals surface area contributed by atoms with Gasteiger partial charge in [-0.05, 0) is 36.4 Å². The molecule has 2 rings (SSSR count). The lowest BCUT2D eigenvalue weighted by Crippen LogP contribution is -2.02. The molecule has 0 spiro atoms.